The number of rotatable bonds is 2. The van der Waals surface area contributed by atoms with Gasteiger partial charge in [0.2, 0.25) is 0 Å². The van der Waals surface area contributed by atoms with Crippen molar-refractivity contribution in [2.75, 3.05) is 0 Å². The summed E-state index contributed by atoms with van der Waals surface area (Å²) in [6.45, 7) is 8.99. The number of para-hydroxylation sites is 2. The molecule has 100 valence electrons. The summed E-state index contributed by atoms with van der Waals surface area (Å²) in [5.74, 6) is 0. The standard InChI is InChI=1S/C11H13IN2O.C3H8/c1-3-13-9-6-4-5-7-10(9)14(8(2)12)11(13)15;1-3-2/h4-8H,3H2,1-2H3;3H2,1-2H3. The van der Waals surface area contributed by atoms with Crippen LogP contribution in [0.15, 0.2) is 29.1 Å². The zero-order valence-electron chi connectivity index (χ0n) is 11.5. The normalized spacial score (nSPS) is 12.1. The van der Waals surface area contributed by atoms with Gasteiger partial charge in [0.15, 0.2) is 0 Å². The maximum absolute atomic E-state index is 12.1. The highest BCUT2D eigenvalue weighted by atomic mass is 127. The highest BCUT2D eigenvalue weighted by molar-refractivity contribution is 14.1. The number of aryl methyl sites for hydroxylation is 1. The third-order valence-electron chi connectivity index (χ3n) is 2.54. The van der Waals surface area contributed by atoms with Crippen molar-refractivity contribution < 1.29 is 0 Å². The van der Waals surface area contributed by atoms with E-state index in [1.165, 1.54) is 6.42 Å². The molecule has 0 aliphatic carbocycles. The Morgan fingerprint density at radius 3 is 2.11 bits per heavy atom. The van der Waals surface area contributed by atoms with E-state index >= 15 is 0 Å². The molecule has 0 saturated carbocycles. The Morgan fingerprint density at radius 2 is 1.67 bits per heavy atom. The molecule has 4 heteroatoms. The minimum Gasteiger partial charge on any atom is -0.292 e. The lowest BCUT2D eigenvalue weighted by Gasteiger charge is -2.04. The second-order valence-corrected chi connectivity index (χ2v) is 5.97. The second kappa shape index (κ2) is 6.97. The van der Waals surface area contributed by atoms with E-state index in [-0.39, 0.29) is 9.74 Å². The number of fused-ring (bicyclic) bond motifs is 1. The molecule has 0 N–H and O–H groups in total. The van der Waals surface area contributed by atoms with Crippen LogP contribution in [-0.2, 0) is 6.54 Å². The van der Waals surface area contributed by atoms with Gasteiger partial charge in [0.1, 0.15) is 0 Å². The van der Waals surface area contributed by atoms with Gasteiger partial charge in [-0.3, -0.25) is 9.13 Å². The van der Waals surface area contributed by atoms with E-state index in [0.29, 0.717) is 0 Å². The van der Waals surface area contributed by atoms with Crippen LogP contribution in [0.4, 0.5) is 0 Å². The van der Waals surface area contributed by atoms with Gasteiger partial charge in [-0.2, -0.15) is 0 Å². The van der Waals surface area contributed by atoms with Gasteiger partial charge >= 0.3 is 5.69 Å². The van der Waals surface area contributed by atoms with Crippen LogP contribution in [0.25, 0.3) is 11.0 Å². The van der Waals surface area contributed by atoms with Crippen molar-refractivity contribution in [3.8, 4) is 0 Å². The average Bonchev–Trinajstić information content (AvgIpc) is 2.61. The zero-order chi connectivity index (χ0) is 13.7. The first-order chi connectivity index (χ1) is 8.58. The first-order valence-electron chi connectivity index (χ1n) is 6.42. The molecular formula is C14H21IN2O. The van der Waals surface area contributed by atoms with Crippen LogP contribution in [-0.4, -0.2) is 9.13 Å². The van der Waals surface area contributed by atoms with Crippen molar-refractivity contribution in [2.45, 2.75) is 44.7 Å². The van der Waals surface area contributed by atoms with Crippen LogP contribution in [0, 0.1) is 0 Å². The fourth-order valence-corrected chi connectivity index (χ4v) is 2.42. The summed E-state index contributed by atoms with van der Waals surface area (Å²) in [5.41, 5.74) is 2.13. The molecule has 0 spiro atoms. The lowest BCUT2D eigenvalue weighted by molar-refractivity contribution is 0.673. The third kappa shape index (κ3) is 2.96. The smallest absolute Gasteiger partial charge is 0.292 e. The molecule has 2 aromatic rings. The minimum absolute atomic E-state index is 0.0839. The first kappa shape index (κ1) is 15.3. The molecule has 1 heterocycles. The van der Waals surface area contributed by atoms with Gasteiger partial charge in [-0.1, -0.05) is 55.0 Å². The van der Waals surface area contributed by atoms with E-state index in [2.05, 4.69) is 36.4 Å². The van der Waals surface area contributed by atoms with Crippen molar-refractivity contribution in [3.63, 3.8) is 0 Å². The van der Waals surface area contributed by atoms with Gasteiger partial charge in [0.05, 0.1) is 15.1 Å². The van der Waals surface area contributed by atoms with Crippen molar-refractivity contribution in [1.29, 1.82) is 0 Å². The van der Waals surface area contributed by atoms with Crippen LogP contribution in [0.2, 0.25) is 0 Å². The Morgan fingerprint density at radius 1 is 1.17 bits per heavy atom. The summed E-state index contributed by atoms with van der Waals surface area (Å²) in [5, 5.41) is 0. The van der Waals surface area contributed by atoms with Crippen LogP contribution in [0.5, 0.6) is 0 Å². The summed E-state index contributed by atoms with van der Waals surface area (Å²) in [6, 6.07) is 7.93. The minimum atomic E-state index is 0.0839. The van der Waals surface area contributed by atoms with Gasteiger partial charge in [-0.15, -0.1) is 0 Å². The molecule has 3 nitrogen and oxygen atoms in total. The molecule has 0 radical (unpaired) electrons. The van der Waals surface area contributed by atoms with E-state index in [0.717, 1.165) is 17.6 Å². The van der Waals surface area contributed by atoms with Gasteiger partial charge < -0.3 is 0 Å². The molecule has 0 bridgehead atoms. The van der Waals surface area contributed by atoms with Crippen LogP contribution < -0.4 is 5.69 Å². The number of hydrogen-bond acceptors (Lipinski definition) is 1. The third-order valence-corrected chi connectivity index (χ3v) is 3.10. The zero-order valence-corrected chi connectivity index (χ0v) is 13.6. The number of halogens is 1. The van der Waals surface area contributed by atoms with Crippen LogP contribution in [0.3, 0.4) is 0 Å². The van der Waals surface area contributed by atoms with E-state index in [9.17, 15) is 4.79 Å². The molecule has 0 amide bonds. The second-order valence-electron chi connectivity index (χ2n) is 4.17. The van der Waals surface area contributed by atoms with Gasteiger partial charge in [-0.05, 0) is 26.0 Å². The monoisotopic (exact) mass is 360 g/mol. The molecule has 18 heavy (non-hydrogen) atoms. The molecule has 0 fully saturated rings. The summed E-state index contributed by atoms with van der Waals surface area (Å²) in [7, 11) is 0. The molecule has 0 saturated heterocycles. The van der Waals surface area contributed by atoms with E-state index in [1.807, 2.05) is 47.2 Å². The lowest BCUT2D eigenvalue weighted by atomic mass is 10.3. The molecule has 2 rings (SSSR count). The quantitative estimate of drug-likeness (QED) is 0.583. The average molecular weight is 360 g/mol. The Labute approximate surface area is 122 Å². The SMILES string of the molecule is CCC.CCn1c(=O)n(C(C)I)c2ccccc21. The number of imidazole rings is 1. The summed E-state index contributed by atoms with van der Waals surface area (Å²) < 4.78 is 3.82. The molecule has 1 atom stereocenters. The fourth-order valence-electron chi connectivity index (χ4n) is 1.88. The number of benzene rings is 1. The predicted octanol–water partition coefficient (Wildman–Crippen LogP) is 4.19. The number of nitrogens with zero attached hydrogens (tertiary/aromatic N) is 2. The van der Waals surface area contributed by atoms with E-state index < -0.39 is 0 Å². The number of aromatic nitrogens is 2. The topological polar surface area (TPSA) is 26.9 Å². The molecule has 1 unspecified atom stereocenters. The van der Waals surface area contributed by atoms with Crippen molar-refractivity contribution >= 4 is 33.6 Å². The molecular weight excluding hydrogens is 339 g/mol. The van der Waals surface area contributed by atoms with Gasteiger partial charge in [0, 0.05) is 6.54 Å². The van der Waals surface area contributed by atoms with Crippen LogP contribution >= 0.6 is 22.6 Å². The Bertz CT molecular complexity index is 554. The maximum Gasteiger partial charge on any atom is 0.330 e. The highest BCUT2D eigenvalue weighted by Crippen LogP contribution is 2.20. The maximum atomic E-state index is 12.1. The van der Waals surface area contributed by atoms with Crippen LogP contribution in [0.1, 0.15) is 38.2 Å². The Kier molecular flexibility index (Phi) is 5.91. The van der Waals surface area contributed by atoms with E-state index in [1.54, 1.807) is 0 Å². The number of hydrogen-bond donors (Lipinski definition) is 0. The Balaban J connectivity index is 0.000000492. The summed E-state index contributed by atoms with van der Waals surface area (Å²) in [4.78, 5) is 12.1. The van der Waals surface area contributed by atoms with Crippen molar-refractivity contribution in [3.05, 3.63) is 34.7 Å². The predicted molar refractivity (Wildman–Crippen MR) is 86.6 cm³/mol. The van der Waals surface area contributed by atoms with Gasteiger partial charge in [-0.25, -0.2) is 4.79 Å². The largest absolute Gasteiger partial charge is 0.330 e. The van der Waals surface area contributed by atoms with Crippen molar-refractivity contribution in [2.24, 2.45) is 0 Å². The fraction of sp³-hybridized carbons (Fsp3) is 0.500. The first-order valence-corrected chi connectivity index (χ1v) is 7.66. The Hall–Kier alpha value is -0.780. The summed E-state index contributed by atoms with van der Waals surface area (Å²) >= 11 is 2.26. The highest BCUT2D eigenvalue weighted by Gasteiger charge is 2.13. The molecule has 1 aromatic heterocycles. The van der Waals surface area contributed by atoms with E-state index in [4.69, 9.17) is 0 Å². The molecule has 0 aliphatic rings. The lowest BCUT2D eigenvalue weighted by Crippen LogP contribution is -2.24. The summed E-state index contributed by atoms with van der Waals surface area (Å²) in [6.07, 6.45) is 1.25. The number of alkyl halides is 1. The molecule has 0 aliphatic heterocycles. The van der Waals surface area contributed by atoms with Crippen molar-refractivity contribution in [1.82, 2.24) is 9.13 Å². The van der Waals surface area contributed by atoms with Gasteiger partial charge in [0.25, 0.3) is 0 Å². The molecule has 1 aromatic carbocycles.